The minimum atomic E-state index is -0.318. The van der Waals surface area contributed by atoms with Gasteiger partial charge in [-0.2, -0.15) is 4.98 Å². The molecule has 3 aromatic rings. The van der Waals surface area contributed by atoms with Gasteiger partial charge in [-0.05, 0) is 43.5 Å². The number of nitrogens with one attached hydrogen (secondary N) is 1. The summed E-state index contributed by atoms with van der Waals surface area (Å²) >= 11 is 0. The second-order valence-corrected chi connectivity index (χ2v) is 7.26. The van der Waals surface area contributed by atoms with Crippen LogP contribution >= 0.6 is 0 Å². The highest BCUT2D eigenvalue weighted by molar-refractivity contribution is 5.88. The smallest absolute Gasteiger partial charge is 0.248 e. The Labute approximate surface area is 167 Å². The van der Waals surface area contributed by atoms with E-state index in [0.29, 0.717) is 48.5 Å². The molecule has 152 valence electrons. The maximum Gasteiger partial charge on any atom is 0.248 e. The normalized spacial score (nSPS) is 14.8. The summed E-state index contributed by atoms with van der Waals surface area (Å²) in [5.41, 5.74) is 0.679. The fourth-order valence-corrected chi connectivity index (χ4v) is 3.51. The summed E-state index contributed by atoms with van der Waals surface area (Å²) in [7, 11) is 0. The van der Waals surface area contributed by atoms with Crippen molar-refractivity contribution >= 4 is 11.9 Å². The number of hydrogen-bond acceptors (Lipinski definition) is 6. The molecule has 29 heavy (non-hydrogen) atoms. The van der Waals surface area contributed by atoms with Crippen LogP contribution in [0.3, 0.4) is 0 Å². The van der Waals surface area contributed by atoms with Gasteiger partial charge in [-0.3, -0.25) is 10.1 Å². The van der Waals surface area contributed by atoms with Crippen LogP contribution in [-0.4, -0.2) is 30.8 Å². The second kappa shape index (κ2) is 8.93. The lowest BCUT2D eigenvalue weighted by Gasteiger charge is -2.21. The molecule has 1 saturated carbocycles. The number of anilines is 1. The highest BCUT2D eigenvalue weighted by Gasteiger charge is 2.17. The number of hydrogen-bond donors (Lipinski definition) is 1. The molecular formula is C20H23FN6O2. The molecule has 0 radical (unpaired) electrons. The zero-order valence-electron chi connectivity index (χ0n) is 16.1. The zero-order valence-corrected chi connectivity index (χ0v) is 16.1. The van der Waals surface area contributed by atoms with Gasteiger partial charge in [0.05, 0.1) is 6.04 Å². The fraction of sp³-hybridized carbons (Fsp3) is 0.450. The molecule has 1 fully saturated rings. The maximum atomic E-state index is 13.0. The van der Waals surface area contributed by atoms with E-state index >= 15 is 0 Å². The van der Waals surface area contributed by atoms with Gasteiger partial charge in [0.25, 0.3) is 0 Å². The average molecular weight is 398 g/mol. The van der Waals surface area contributed by atoms with Crippen molar-refractivity contribution in [1.29, 1.82) is 0 Å². The molecule has 0 aliphatic heterocycles. The number of aromatic nitrogens is 5. The van der Waals surface area contributed by atoms with Crippen LogP contribution in [0.1, 0.15) is 56.9 Å². The van der Waals surface area contributed by atoms with Crippen LogP contribution in [-0.2, 0) is 11.2 Å². The van der Waals surface area contributed by atoms with Gasteiger partial charge in [-0.25, -0.2) is 14.1 Å². The first-order chi connectivity index (χ1) is 14.2. The van der Waals surface area contributed by atoms with E-state index < -0.39 is 0 Å². The van der Waals surface area contributed by atoms with Crippen molar-refractivity contribution in [3.8, 4) is 11.4 Å². The number of rotatable bonds is 7. The first kappa shape index (κ1) is 19.2. The predicted molar refractivity (Wildman–Crippen MR) is 103 cm³/mol. The van der Waals surface area contributed by atoms with Crippen molar-refractivity contribution in [1.82, 2.24) is 24.9 Å². The topological polar surface area (TPSA) is 98.7 Å². The van der Waals surface area contributed by atoms with Crippen molar-refractivity contribution < 1.29 is 13.7 Å². The average Bonchev–Trinajstić information content (AvgIpc) is 3.39. The highest BCUT2D eigenvalue weighted by atomic mass is 19.1. The molecule has 0 unspecified atom stereocenters. The number of halogens is 1. The Morgan fingerprint density at radius 2 is 2.00 bits per heavy atom. The first-order valence-corrected chi connectivity index (χ1v) is 9.97. The van der Waals surface area contributed by atoms with Crippen LogP contribution in [0.2, 0.25) is 0 Å². The Morgan fingerprint density at radius 1 is 1.21 bits per heavy atom. The molecule has 2 aromatic heterocycles. The van der Waals surface area contributed by atoms with E-state index in [1.54, 1.807) is 18.5 Å². The molecular weight excluding hydrogens is 375 g/mol. The molecule has 1 N–H and O–H groups in total. The Morgan fingerprint density at radius 3 is 2.79 bits per heavy atom. The van der Waals surface area contributed by atoms with Gasteiger partial charge in [0.15, 0.2) is 0 Å². The second-order valence-electron chi connectivity index (χ2n) is 7.26. The van der Waals surface area contributed by atoms with E-state index in [1.165, 1.54) is 31.4 Å². The van der Waals surface area contributed by atoms with Crippen LogP contribution < -0.4 is 5.32 Å². The summed E-state index contributed by atoms with van der Waals surface area (Å²) in [4.78, 5) is 20.6. The van der Waals surface area contributed by atoms with E-state index in [0.717, 1.165) is 12.8 Å². The molecule has 2 heterocycles. The van der Waals surface area contributed by atoms with Gasteiger partial charge in [-0.15, -0.1) is 5.10 Å². The van der Waals surface area contributed by atoms with Crippen molar-refractivity contribution in [2.24, 2.45) is 0 Å². The molecule has 1 aromatic carbocycles. The van der Waals surface area contributed by atoms with Crippen molar-refractivity contribution in [2.75, 3.05) is 5.32 Å². The van der Waals surface area contributed by atoms with Gasteiger partial charge in [-0.1, -0.05) is 24.4 Å². The number of benzene rings is 1. The molecule has 9 heteroatoms. The van der Waals surface area contributed by atoms with Gasteiger partial charge >= 0.3 is 0 Å². The van der Waals surface area contributed by atoms with E-state index in [9.17, 15) is 9.18 Å². The lowest BCUT2D eigenvalue weighted by Crippen LogP contribution is -2.15. The highest BCUT2D eigenvalue weighted by Crippen LogP contribution is 2.27. The summed E-state index contributed by atoms with van der Waals surface area (Å²) in [6, 6.07) is 6.27. The molecule has 1 aliphatic carbocycles. The van der Waals surface area contributed by atoms with Gasteiger partial charge in [0.2, 0.25) is 23.6 Å². The Kier molecular flexibility index (Phi) is 5.92. The quantitative estimate of drug-likeness (QED) is 0.647. The van der Waals surface area contributed by atoms with Crippen LogP contribution in [0.5, 0.6) is 0 Å². The SMILES string of the molecule is O=C(CCCc1nc(-c2ccc(F)cc2)no1)Nc1ncn(C2CCCCC2)n1. The van der Waals surface area contributed by atoms with Gasteiger partial charge < -0.3 is 4.52 Å². The maximum absolute atomic E-state index is 13.0. The zero-order chi connectivity index (χ0) is 20.1. The van der Waals surface area contributed by atoms with Crippen LogP contribution in [0.15, 0.2) is 35.1 Å². The number of aryl methyl sites for hydroxylation is 1. The Hall–Kier alpha value is -3.10. The molecule has 4 rings (SSSR count). The van der Waals surface area contributed by atoms with Crippen LogP contribution in [0.25, 0.3) is 11.4 Å². The predicted octanol–water partition coefficient (Wildman–Crippen LogP) is 3.93. The minimum Gasteiger partial charge on any atom is -0.339 e. The molecule has 1 aliphatic rings. The standard InChI is InChI=1S/C20H23FN6O2/c21-15-11-9-14(10-12-15)19-24-18(29-26-19)8-4-7-17(28)23-20-22-13-27(25-20)16-5-2-1-3-6-16/h9-13,16H,1-8H2,(H,23,25,28). The molecule has 1 amide bonds. The number of carbonyl (C=O) groups excluding carboxylic acids is 1. The molecule has 0 saturated heterocycles. The monoisotopic (exact) mass is 398 g/mol. The summed E-state index contributed by atoms with van der Waals surface area (Å²) in [5, 5.41) is 11.0. The summed E-state index contributed by atoms with van der Waals surface area (Å²) in [6.07, 6.45) is 8.95. The Bertz CT molecular complexity index is 946. The third-order valence-electron chi connectivity index (χ3n) is 5.07. The molecule has 0 atom stereocenters. The minimum absolute atomic E-state index is 0.148. The lowest BCUT2D eigenvalue weighted by molar-refractivity contribution is -0.116. The fourth-order valence-electron chi connectivity index (χ4n) is 3.51. The summed E-state index contributed by atoms with van der Waals surface area (Å²) < 4.78 is 20.1. The van der Waals surface area contributed by atoms with E-state index in [2.05, 4.69) is 25.5 Å². The van der Waals surface area contributed by atoms with E-state index in [-0.39, 0.29) is 11.7 Å². The van der Waals surface area contributed by atoms with Crippen LogP contribution in [0.4, 0.5) is 10.3 Å². The molecule has 0 bridgehead atoms. The Balaban J connectivity index is 1.23. The number of carbonyl (C=O) groups is 1. The largest absolute Gasteiger partial charge is 0.339 e. The summed E-state index contributed by atoms with van der Waals surface area (Å²) in [6.45, 7) is 0. The first-order valence-electron chi connectivity index (χ1n) is 9.97. The number of amides is 1. The van der Waals surface area contributed by atoms with Crippen molar-refractivity contribution in [2.45, 2.75) is 57.4 Å². The number of nitrogens with zero attached hydrogens (tertiary/aromatic N) is 5. The third-order valence-corrected chi connectivity index (χ3v) is 5.07. The van der Waals surface area contributed by atoms with Crippen molar-refractivity contribution in [3.05, 3.63) is 42.3 Å². The van der Waals surface area contributed by atoms with Crippen molar-refractivity contribution in [3.63, 3.8) is 0 Å². The van der Waals surface area contributed by atoms with Crippen LogP contribution in [0, 0.1) is 5.82 Å². The third kappa shape index (κ3) is 5.04. The van der Waals surface area contributed by atoms with E-state index in [4.69, 9.17) is 4.52 Å². The lowest BCUT2D eigenvalue weighted by atomic mass is 9.96. The molecule has 8 nitrogen and oxygen atoms in total. The van der Waals surface area contributed by atoms with Gasteiger partial charge in [0, 0.05) is 18.4 Å². The van der Waals surface area contributed by atoms with E-state index in [1.807, 2.05) is 4.68 Å². The molecule has 0 spiro atoms. The summed E-state index contributed by atoms with van der Waals surface area (Å²) in [5.74, 6) is 0.724. The van der Waals surface area contributed by atoms with Gasteiger partial charge in [0.1, 0.15) is 12.1 Å².